The van der Waals surface area contributed by atoms with E-state index in [1.54, 1.807) is 0 Å². The van der Waals surface area contributed by atoms with Gasteiger partial charge in [-0.25, -0.2) is 0 Å². The topological polar surface area (TPSA) is 52.7 Å². The van der Waals surface area contributed by atoms with Crippen molar-refractivity contribution in [1.29, 1.82) is 0 Å². The first-order chi connectivity index (χ1) is 13.7. The summed E-state index contributed by atoms with van der Waals surface area (Å²) in [5, 5.41) is 5.39. The molecule has 5 nitrogen and oxygen atoms in total. The molecule has 5 heteroatoms. The maximum Gasteiger partial charge on any atom is 0.254 e. The van der Waals surface area contributed by atoms with Gasteiger partial charge in [-0.15, -0.1) is 0 Å². The summed E-state index contributed by atoms with van der Waals surface area (Å²) in [6.07, 6.45) is 3.72. The summed E-state index contributed by atoms with van der Waals surface area (Å²) in [4.78, 5) is 30.0. The van der Waals surface area contributed by atoms with Crippen LogP contribution in [-0.4, -0.2) is 60.9 Å². The number of likely N-dealkylation sites (tertiary alicyclic amines) is 2. The minimum absolute atomic E-state index is 0.0483. The molecule has 2 aromatic carbocycles. The molecule has 2 aliphatic heterocycles. The highest BCUT2D eigenvalue weighted by Crippen LogP contribution is 2.25. The molecule has 2 aliphatic rings. The summed E-state index contributed by atoms with van der Waals surface area (Å²) >= 11 is 0. The Balaban J connectivity index is 1.40. The fourth-order valence-corrected chi connectivity index (χ4v) is 4.58. The maximum atomic E-state index is 13.1. The van der Waals surface area contributed by atoms with Gasteiger partial charge in [0.05, 0.1) is 0 Å². The van der Waals surface area contributed by atoms with Crippen LogP contribution in [-0.2, 0) is 4.79 Å². The third kappa shape index (κ3) is 3.76. The first-order valence-corrected chi connectivity index (χ1v) is 10.4. The van der Waals surface area contributed by atoms with Crippen molar-refractivity contribution >= 4 is 22.6 Å². The quantitative estimate of drug-likeness (QED) is 0.892. The minimum atomic E-state index is 0.0483. The van der Waals surface area contributed by atoms with E-state index in [1.165, 1.54) is 0 Å². The fourth-order valence-electron chi connectivity index (χ4n) is 4.58. The van der Waals surface area contributed by atoms with Crippen LogP contribution in [0.15, 0.2) is 42.5 Å². The lowest BCUT2D eigenvalue weighted by Gasteiger charge is -2.37. The van der Waals surface area contributed by atoms with Gasteiger partial charge in [0, 0.05) is 43.7 Å². The minimum Gasteiger partial charge on any atom is -0.341 e. The highest BCUT2D eigenvalue weighted by atomic mass is 16.2. The van der Waals surface area contributed by atoms with E-state index < -0.39 is 0 Å². The summed E-state index contributed by atoms with van der Waals surface area (Å²) < 4.78 is 0. The van der Waals surface area contributed by atoms with Gasteiger partial charge in [0.15, 0.2) is 0 Å². The van der Waals surface area contributed by atoms with Crippen molar-refractivity contribution in [2.75, 3.05) is 33.2 Å². The Bertz CT molecular complexity index is 853. The molecular weight excluding hydrogens is 350 g/mol. The van der Waals surface area contributed by atoms with Crippen LogP contribution in [0.2, 0.25) is 0 Å². The summed E-state index contributed by atoms with van der Waals surface area (Å²) in [5.74, 6) is 0.403. The Morgan fingerprint density at radius 1 is 0.929 bits per heavy atom. The molecular formula is C23H29N3O2. The first kappa shape index (κ1) is 18.9. The maximum absolute atomic E-state index is 13.1. The highest BCUT2D eigenvalue weighted by Gasteiger charge is 2.32. The van der Waals surface area contributed by atoms with Crippen LogP contribution in [0.4, 0.5) is 0 Å². The van der Waals surface area contributed by atoms with Crippen molar-refractivity contribution in [3.05, 3.63) is 48.0 Å². The molecule has 1 atom stereocenters. The summed E-state index contributed by atoms with van der Waals surface area (Å²) in [5.41, 5.74) is 0.760. The highest BCUT2D eigenvalue weighted by molar-refractivity contribution is 6.07. The largest absolute Gasteiger partial charge is 0.341 e. The lowest BCUT2D eigenvalue weighted by Crippen LogP contribution is -2.50. The second kappa shape index (κ2) is 8.31. The van der Waals surface area contributed by atoms with Gasteiger partial charge in [0.2, 0.25) is 5.91 Å². The summed E-state index contributed by atoms with van der Waals surface area (Å²) in [6, 6.07) is 14.3. The molecule has 1 unspecified atom stereocenters. The molecule has 0 spiro atoms. The van der Waals surface area contributed by atoms with Crippen molar-refractivity contribution in [3.8, 4) is 0 Å². The lowest BCUT2D eigenvalue weighted by atomic mass is 9.93. The monoisotopic (exact) mass is 379 g/mol. The molecule has 2 amide bonds. The Labute approximate surface area is 166 Å². The average Bonchev–Trinajstić information content (AvgIpc) is 2.78. The number of hydrogen-bond acceptors (Lipinski definition) is 3. The molecule has 148 valence electrons. The molecule has 2 heterocycles. The van der Waals surface area contributed by atoms with Crippen LogP contribution in [0, 0.1) is 5.92 Å². The van der Waals surface area contributed by atoms with Crippen molar-refractivity contribution in [2.45, 2.75) is 31.7 Å². The Hall–Kier alpha value is -2.40. The van der Waals surface area contributed by atoms with Crippen LogP contribution in [0.3, 0.4) is 0 Å². The molecule has 28 heavy (non-hydrogen) atoms. The van der Waals surface area contributed by atoms with Crippen LogP contribution < -0.4 is 5.32 Å². The van der Waals surface area contributed by atoms with Crippen molar-refractivity contribution in [1.82, 2.24) is 15.1 Å². The zero-order valence-corrected chi connectivity index (χ0v) is 16.6. The number of carbonyl (C=O) groups is 2. The molecule has 0 radical (unpaired) electrons. The Kier molecular flexibility index (Phi) is 5.62. The normalized spacial score (nSPS) is 21.1. The third-order valence-corrected chi connectivity index (χ3v) is 6.29. The van der Waals surface area contributed by atoms with E-state index in [2.05, 4.69) is 5.32 Å². The van der Waals surface area contributed by atoms with Gasteiger partial charge in [0.1, 0.15) is 0 Å². The van der Waals surface area contributed by atoms with E-state index in [1.807, 2.05) is 59.3 Å². The van der Waals surface area contributed by atoms with Gasteiger partial charge in [-0.1, -0.05) is 36.4 Å². The predicted octanol–water partition coefficient (Wildman–Crippen LogP) is 2.90. The van der Waals surface area contributed by atoms with Gasteiger partial charge in [-0.05, 0) is 49.6 Å². The zero-order valence-electron chi connectivity index (χ0n) is 16.6. The number of nitrogens with one attached hydrogen (secondary N) is 1. The van der Waals surface area contributed by atoms with E-state index in [4.69, 9.17) is 0 Å². The number of fused-ring (bicyclic) bond motifs is 1. The van der Waals surface area contributed by atoms with Gasteiger partial charge >= 0.3 is 0 Å². The first-order valence-electron chi connectivity index (χ1n) is 10.4. The molecule has 0 aromatic heterocycles. The third-order valence-electron chi connectivity index (χ3n) is 6.29. The molecule has 1 N–H and O–H groups in total. The summed E-state index contributed by atoms with van der Waals surface area (Å²) in [6.45, 7) is 2.99. The van der Waals surface area contributed by atoms with Gasteiger partial charge < -0.3 is 15.1 Å². The van der Waals surface area contributed by atoms with E-state index in [0.29, 0.717) is 19.1 Å². The molecule has 4 rings (SSSR count). The number of piperidine rings is 2. The molecule has 0 aliphatic carbocycles. The standard InChI is InChI=1S/C23H29N3O2/c1-24-19-8-5-13-26(16-19)22(27)18-11-14-25(15-12-18)23(28)21-10-4-7-17-6-2-3-9-20(17)21/h2-4,6-7,9-10,18-19,24H,5,8,11-16H2,1H3. The SMILES string of the molecule is CNC1CCCN(C(=O)C2CCN(C(=O)c3cccc4ccccc34)CC2)C1. The van der Waals surface area contributed by atoms with Gasteiger partial charge in [-0.2, -0.15) is 0 Å². The molecule has 0 bridgehead atoms. The van der Waals surface area contributed by atoms with Crippen LogP contribution in [0.1, 0.15) is 36.0 Å². The molecule has 2 aromatic rings. The van der Waals surface area contributed by atoms with E-state index >= 15 is 0 Å². The molecule has 2 saturated heterocycles. The van der Waals surface area contributed by atoms with Crippen LogP contribution >= 0.6 is 0 Å². The number of benzene rings is 2. The predicted molar refractivity (Wildman–Crippen MR) is 111 cm³/mol. The number of likely N-dealkylation sites (N-methyl/N-ethyl adjacent to an activating group) is 1. The number of nitrogens with zero attached hydrogens (tertiary/aromatic N) is 2. The zero-order chi connectivity index (χ0) is 19.5. The second-order valence-electron chi connectivity index (χ2n) is 8.01. The van der Waals surface area contributed by atoms with E-state index in [0.717, 1.165) is 55.1 Å². The lowest BCUT2D eigenvalue weighted by molar-refractivity contribution is -0.138. The number of hydrogen-bond donors (Lipinski definition) is 1. The average molecular weight is 380 g/mol. The van der Waals surface area contributed by atoms with Crippen molar-refractivity contribution in [3.63, 3.8) is 0 Å². The summed E-state index contributed by atoms with van der Waals surface area (Å²) in [7, 11) is 1.97. The second-order valence-corrected chi connectivity index (χ2v) is 8.01. The molecule has 0 saturated carbocycles. The number of rotatable bonds is 3. The molecule has 2 fully saturated rings. The Morgan fingerprint density at radius 2 is 1.68 bits per heavy atom. The van der Waals surface area contributed by atoms with Crippen LogP contribution in [0.5, 0.6) is 0 Å². The van der Waals surface area contributed by atoms with E-state index in [-0.39, 0.29) is 17.7 Å². The smallest absolute Gasteiger partial charge is 0.254 e. The Morgan fingerprint density at radius 3 is 2.46 bits per heavy atom. The van der Waals surface area contributed by atoms with Crippen molar-refractivity contribution in [2.24, 2.45) is 5.92 Å². The van der Waals surface area contributed by atoms with Crippen molar-refractivity contribution < 1.29 is 9.59 Å². The van der Waals surface area contributed by atoms with Gasteiger partial charge in [-0.3, -0.25) is 9.59 Å². The van der Waals surface area contributed by atoms with Crippen LogP contribution in [0.25, 0.3) is 10.8 Å². The fraction of sp³-hybridized carbons (Fsp3) is 0.478. The number of amides is 2. The van der Waals surface area contributed by atoms with E-state index in [9.17, 15) is 9.59 Å². The van der Waals surface area contributed by atoms with Gasteiger partial charge in [0.25, 0.3) is 5.91 Å². The number of carbonyl (C=O) groups excluding carboxylic acids is 2.